The lowest BCUT2D eigenvalue weighted by Crippen LogP contribution is -2.50. The Hall–Kier alpha value is -3.29. The van der Waals surface area contributed by atoms with E-state index in [-0.39, 0.29) is 23.5 Å². The minimum absolute atomic E-state index is 0.129. The van der Waals surface area contributed by atoms with E-state index in [1.165, 1.54) is 17.4 Å². The highest BCUT2D eigenvalue weighted by Crippen LogP contribution is 2.52. The highest BCUT2D eigenvalue weighted by molar-refractivity contribution is 5.91. The second-order valence-corrected chi connectivity index (χ2v) is 9.80. The fraction of sp³-hybridized carbons (Fsp3) is 0.414. The number of rotatable bonds is 6. The van der Waals surface area contributed by atoms with Crippen molar-refractivity contribution in [3.8, 4) is 11.5 Å². The zero-order valence-corrected chi connectivity index (χ0v) is 20.6. The van der Waals surface area contributed by atoms with Crippen molar-refractivity contribution in [3.63, 3.8) is 0 Å². The second-order valence-electron chi connectivity index (χ2n) is 9.80. The minimum Gasteiger partial charge on any atom is -0.486 e. The molecule has 6 rings (SSSR count). The number of likely N-dealkylation sites (tertiary alicyclic amines) is 1. The second kappa shape index (κ2) is 9.64. The van der Waals surface area contributed by atoms with E-state index >= 15 is 0 Å². The van der Waals surface area contributed by atoms with E-state index in [1.54, 1.807) is 12.1 Å². The molecule has 1 N–H and O–H groups in total. The zero-order valence-electron chi connectivity index (χ0n) is 20.6. The summed E-state index contributed by atoms with van der Waals surface area (Å²) in [6, 6.07) is 17.9. The average molecular weight is 489 g/mol. The molecule has 36 heavy (non-hydrogen) atoms. The molecule has 7 nitrogen and oxygen atoms in total. The number of nitrogens with one attached hydrogen (secondary N) is 1. The lowest BCUT2D eigenvalue weighted by molar-refractivity contribution is -0.0336. The number of piperidine rings is 1. The van der Waals surface area contributed by atoms with Crippen LogP contribution in [0.3, 0.4) is 0 Å². The maximum absolute atomic E-state index is 13.0. The molecule has 1 aromatic heterocycles. The van der Waals surface area contributed by atoms with E-state index in [0.717, 1.165) is 49.5 Å². The maximum Gasteiger partial charge on any atom is 0.287 e. The number of amides is 1. The van der Waals surface area contributed by atoms with Crippen LogP contribution in [-0.2, 0) is 16.7 Å². The van der Waals surface area contributed by atoms with Crippen molar-refractivity contribution >= 4 is 5.91 Å². The van der Waals surface area contributed by atoms with Crippen LogP contribution in [0.1, 0.15) is 53.1 Å². The highest BCUT2D eigenvalue weighted by Gasteiger charge is 2.54. The third-order valence-corrected chi connectivity index (χ3v) is 7.82. The first kappa shape index (κ1) is 23.1. The Morgan fingerprint density at radius 1 is 1.06 bits per heavy atom. The molecule has 0 radical (unpaired) electrons. The summed E-state index contributed by atoms with van der Waals surface area (Å²) >= 11 is 0. The van der Waals surface area contributed by atoms with Gasteiger partial charge in [-0.2, -0.15) is 0 Å². The SMILES string of the molecule is CCO[C@H]1[C@H](NC(=O)c2ccco2)c2ccccc2C12CCN(Cc1ccc3c(c1)OCCO3)CC2. The largest absolute Gasteiger partial charge is 0.486 e. The molecule has 2 aromatic carbocycles. The van der Waals surface area contributed by atoms with Crippen molar-refractivity contribution in [2.45, 2.75) is 43.9 Å². The van der Waals surface area contributed by atoms with Gasteiger partial charge in [0, 0.05) is 18.6 Å². The minimum atomic E-state index is -0.219. The van der Waals surface area contributed by atoms with Gasteiger partial charge in [-0.05, 0) is 73.8 Å². The van der Waals surface area contributed by atoms with Gasteiger partial charge in [-0.25, -0.2) is 0 Å². The summed E-state index contributed by atoms with van der Waals surface area (Å²) in [5.41, 5.74) is 3.53. The van der Waals surface area contributed by atoms with Gasteiger partial charge >= 0.3 is 0 Å². The van der Waals surface area contributed by atoms with Gasteiger partial charge in [0.2, 0.25) is 0 Å². The third-order valence-electron chi connectivity index (χ3n) is 7.82. The molecular formula is C29H32N2O5. The Morgan fingerprint density at radius 2 is 1.86 bits per heavy atom. The van der Waals surface area contributed by atoms with E-state index in [4.69, 9.17) is 18.6 Å². The molecule has 1 saturated heterocycles. The fourth-order valence-corrected chi connectivity index (χ4v) is 6.17. The molecule has 188 valence electrons. The van der Waals surface area contributed by atoms with Crippen LogP contribution in [0.4, 0.5) is 0 Å². The van der Waals surface area contributed by atoms with E-state index in [0.29, 0.717) is 25.6 Å². The molecule has 1 aliphatic carbocycles. The topological polar surface area (TPSA) is 73.2 Å². The number of fused-ring (bicyclic) bond motifs is 3. The van der Waals surface area contributed by atoms with Crippen LogP contribution in [0.15, 0.2) is 65.3 Å². The van der Waals surface area contributed by atoms with Crippen LogP contribution in [0.2, 0.25) is 0 Å². The predicted octanol–water partition coefficient (Wildman–Crippen LogP) is 4.47. The van der Waals surface area contributed by atoms with E-state index < -0.39 is 0 Å². The highest BCUT2D eigenvalue weighted by atomic mass is 16.6. The van der Waals surface area contributed by atoms with Gasteiger partial charge in [0.25, 0.3) is 5.91 Å². The summed E-state index contributed by atoms with van der Waals surface area (Å²) in [6.45, 7) is 6.58. The van der Waals surface area contributed by atoms with Gasteiger partial charge in [-0.3, -0.25) is 9.69 Å². The van der Waals surface area contributed by atoms with Gasteiger partial charge in [-0.1, -0.05) is 30.3 Å². The van der Waals surface area contributed by atoms with Crippen molar-refractivity contribution in [2.75, 3.05) is 32.9 Å². The number of ether oxygens (including phenoxy) is 3. The first-order valence-corrected chi connectivity index (χ1v) is 12.8. The summed E-state index contributed by atoms with van der Waals surface area (Å²) in [6.07, 6.45) is 3.32. The molecule has 0 unspecified atom stereocenters. The van der Waals surface area contributed by atoms with E-state index in [2.05, 4.69) is 40.5 Å². The van der Waals surface area contributed by atoms with Crippen LogP contribution in [0.25, 0.3) is 0 Å². The molecule has 2 atom stereocenters. The maximum atomic E-state index is 13.0. The van der Waals surface area contributed by atoms with Crippen molar-refractivity contribution in [2.24, 2.45) is 0 Å². The summed E-state index contributed by atoms with van der Waals surface area (Å²) in [5, 5.41) is 3.23. The van der Waals surface area contributed by atoms with Crippen molar-refractivity contribution in [3.05, 3.63) is 83.3 Å². The summed E-state index contributed by atoms with van der Waals surface area (Å²) in [5.74, 6) is 1.77. The van der Waals surface area contributed by atoms with Crippen LogP contribution in [0.5, 0.6) is 11.5 Å². The lowest BCUT2D eigenvalue weighted by Gasteiger charge is -2.44. The zero-order chi connectivity index (χ0) is 24.5. The van der Waals surface area contributed by atoms with Crippen molar-refractivity contribution < 1.29 is 23.4 Å². The quantitative estimate of drug-likeness (QED) is 0.552. The molecule has 0 bridgehead atoms. The molecular weight excluding hydrogens is 456 g/mol. The predicted molar refractivity (Wildman–Crippen MR) is 134 cm³/mol. The molecule has 1 amide bonds. The van der Waals surface area contributed by atoms with Crippen LogP contribution in [0, 0.1) is 0 Å². The summed E-state index contributed by atoms with van der Waals surface area (Å²) in [7, 11) is 0. The first-order valence-electron chi connectivity index (χ1n) is 12.8. The molecule has 3 heterocycles. The first-order chi connectivity index (χ1) is 17.7. The Kier molecular flexibility index (Phi) is 6.19. The Morgan fingerprint density at radius 3 is 2.64 bits per heavy atom. The molecule has 3 aliphatic rings. The number of furan rings is 1. The standard InChI is InChI=1S/C29H32N2O5/c1-2-33-27-26(30-28(32)24-8-5-15-34-24)21-6-3-4-7-22(21)29(27)11-13-31(14-12-29)19-20-9-10-23-25(18-20)36-17-16-35-23/h3-10,15,18,26-27H,2,11-14,16-17,19H2,1H3,(H,30,32)/t26-,27+/m1/s1. The van der Waals surface area contributed by atoms with Crippen LogP contribution < -0.4 is 14.8 Å². The monoisotopic (exact) mass is 488 g/mol. The molecule has 7 heteroatoms. The molecule has 0 saturated carbocycles. The van der Waals surface area contributed by atoms with Gasteiger partial charge in [0.15, 0.2) is 17.3 Å². The lowest BCUT2D eigenvalue weighted by atomic mass is 9.71. The fourth-order valence-electron chi connectivity index (χ4n) is 6.17. The Balaban J connectivity index is 1.22. The molecule has 2 aliphatic heterocycles. The van der Waals surface area contributed by atoms with Gasteiger partial charge < -0.3 is 23.9 Å². The third kappa shape index (κ3) is 4.06. The number of nitrogens with zero attached hydrogens (tertiary/aromatic N) is 1. The van der Waals surface area contributed by atoms with E-state index in [9.17, 15) is 4.79 Å². The summed E-state index contributed by atoms with van der Waals surface area (Å²) in [4.78, 5) is 15.5. The number of carbonyl (C=O) groups excluding carboxylic acids is 1. The van der Waals surface area contributed by atoms with Crippen molar-refractivity contribution in [1.82, 2.24) is 10.2 Å². The Labute approximate surface area is 211 Å². The summed E-state index contributed by atoms with van der Waals surface area (Å²) < 4.78 is 23.2. The van der Waals surface area contributed by atoms with Gasteiger partial charge in [-0.15, -0.1) is 0 Å². The molecule has 3 aromatic rings. The van der Waals surface area contributed by atoms with Crippen LogP contribution >= 0.6 is 0 Å². The Bertz CT molecular complexity index is 1220. The van der Waals surface area contributed by atoms with Crippen molar-refractivity contribution in [1.29, 1.82) is 0 Å². The van der Waals surface area contributed by atoms with Gasteiger partial charge in [0.1, 0.15) is 13.2 Å². The smallest absolute Gasteiger partial charge is 0.287 e. The van der Waals surface area contributed by atoms with Crippen LogP contribution in [-0.4, -0.2) is 49.8 Å². The average Bonchev–Trinajstić information content (AvgIpc) is 3.53. The van der Waals surface area contributed by atoms with Gasteiger partial charge in [0.05, 0.1) is 18.4 Å². The molecule has 1 fully saturated rings. The number of hydrogen-bond acceptors (Lipinski definition) is 6. The van der Waals surface area contributed by atoms with E-state index in [1.807, 2.05) is 19.1 Å². The molecule has 1 spiro atoms. The number of carbonyl (C=O) groups is 1. The number of benzene rings is 2. The number of hydrogen-bond donors (Lipinski definition) is 1. The normalized spacial score (nSPS) is 22.4.